The third-order valence-electron chi connectivity index (χ3n) is 5.51. The molecule has 2 aliphatic rings. The maximum atomic E-state index is 13.6. The average molecular weight is 393 g/mol. The van der Waals surface area contributed by atoms with Crippen molar-refractivity contribution in [3.8, 4) is 11.5 Å². The number of pyridine rings is 1. The van der Waals surface area contributed by atoms with Crippen LogP contribution in [0.3, 0.4) is 0 Å². The molecule has 2 aromatic rings. The van der Waals surface area contributed by atoms with Gasteiger partial charge in [-0.05, 0) is 68.8 Å². The van der Waals surface area contributed by atoms with Crippen LogP contribution in [0, 0.1) is 0 Å². The Morgan fingerprint density at radius 3 is 3.03 bits per heavy atom. The van der Waals surface area contributed by atoms with Crippen molar-refractivity contribution in [2.75, 3.05) is 26.8 Å². The molecule has 152 valence electrons. The van der Waals surface area contributed by atoms with Gasteiger partial charge in [0.1, 0.15) is 18.1 Å². The number of nitrogens with zero attached hydrogens (tertiary/aromatic N) is 2. The highest BCUT2D eigenvalue weighted by Gasteiger charge is 2.29. The minimum absolute atomic E-state index is 0.0241. The van der Waals surface area contributed by atoms with Crippen LogP contribution in [0.4, 0.5) is 0 Å². The van der Waals surface area contributed by atoms with Crippen molar-refractivity contribution in [1.82, 2.24) is 15.2 Å². The van der Waals surface area contributed by atoms with E-state index in [0.717, 1.165) is 55.1 Å². The van der Waals surface area contributed by atoms with Gasteiger partial charge in [0.05, 0.1) is 24.9 Å². The molecular weight excluding hydrogens is 366 g/mol. The van der Waals surface area contributed by atoms with E-state index in [2.05, 4.69) is 10.3 Å². The number of carbonyl (C=O) groups is 1. The summed E-state index contributed by atoms with van der Waals surface area (Å²) in [4.78, 5) is 20.0. The zero-order valence-corrected chi connectivity index (χ0v) is 16.8. The van der Waals surface area contributed by atoms with Gasteiger partial charge in [0.25, 0.3) is 5.91 Å². The second-order valence-corrected chi connectivity index (χ2v) is 7.45. The summed E-state index contributed by atoms with van der Waals surface area (Å²) in [6.45, 7) is 2.71. The summed E-state index contributed by atoms with van der Waals surface area (Å²) < 4.78 is 11.2. The summed E-state index contributed by atoms with van der Waals surface area (Å²) in [5.74, 6) is 1.55. The van der Waals surface area contributed by atoms with Gasteiger partial charge in [-0.15, -0.1) is 0 Å². The van der Waals surface area contributed by atoms with Gasteiger partial charge in [0.15, 0.2) is 0 Å². The second kappa shape index (κ2) is 9.09. The number of methoxy groups -OCH3 is 1. The van der Waals surface area contributed by atoms with Gasteiger partial charge >= 0.3 is 0 Å². The predicted octanol–water partition coefficient (Wildman–Crippen LogP) is 3.04. The minimum atomic E-state index is 0.0241. The van der Waals surface area contributed by atoms with Crippen molar-refractivity contribution in [3.63, 3.8) is 0 Å². The predicted molar refractivity (Wildman–Crippen MR) is 112 cm³/mol. The lowest BCUT2D eigenvalue weighted by Gasteiger charge is -2.32. The summed E-state index contributed by atoms with van der Waals surface area (Å²) in [6.07, 6.45) is 6.70. The summed E-state index contributed by atoms with van der Waals surface area (Å²) in [7, 11) is 1.63. The fraction of sp³-hybridized carbons (Fsp3) is 0.391. The molecule has 1 N–H and O–H groups in total. The number of ether oxygens (including phenoxy) is 2. The first-order chi connectivity index (χ1) is 14.2. The standard InChI is InChI=1S/C23H27N3O3/c1-28-21-7-8-22-17(14-21)13-18(16-29-22)23(27)26(15-19-5-2-3-11-25-19)20-6-4-10-24-12-9-20/h2-3,5,7-8,11,13-14,20,24H,4,6,9-10,12,15-16H2,1H3. The molecule has 0 saturated carbocycles. The number of hydrogen-bond donors (Lipinski definition) is 1. The van der Waals surface area contributed by atoms with Crippen molar-refractivity contribution in [2.45, 2.75) is 31.8 Å². The molecule has 29 heavy (non-hydrogen) atoms. The third-order valence-corrected chi connectivity index (χ3v) is 5.51. The first-order valence-corrected chi connectivity index (χ1v) is 10.2. The van der Waals surface area contributed by atoms with Crippen LogP contribution in [0.15, 0.2) is 48.2 Å². The van der Waals surface area contributed by atoms with Crippen molar-refractivity contribution >= 4 is 12.0 Å². The number of amides is 1. The lowest BCUT2D eigenvalue weighted by Crippen LogP contribution is -2.42. The van der Waals surface area contributed by atoms with Crippen molar-refractivity contribution in [2.24, 2.45) is 0 Å². The molecule has 0 spiro atoms. The maximum absolute atomic E-state index is 13.6. The quantitative estimate of drug-likeness (QED) is 0.846. The zero-order chi connectivity index (χ0) is 20.1. The molecule has 1 amide bonds. The Balaban J connectivity index is 1.62. The molecule has 0 bridgehead atoms. The van der Waals surface area contributed by atoms with E-state index in [1.54, 1.807) is 13.3 Å². The Bertz CT molecular complexity index is 874. The highest BCUT2D eigenvalue weighted by Crippen LogP contribution is 2.31. The highest BCUT2D eigenvalue weighted by atomic mass is 16.5. The van der Waals surface area contributed by atoms with Gasteiger partial charge in [-0.25, -0.2) is 0 Å². The maximum Gasteiger partial charge on any atom is 0.253 e. The van der Waals surface area contributed by atoms with Gasteiger partial charge in [-0.2, -0.15) is 0 Å². The van der Waals surface area contributed by atoms with E-state index in [1.807, 2.05) is 47.4 Å². The Labute approximate surface area is 171 Å². The summed E-state index contributed by atoms with van der Waals surface area (Å²) in [5, 5.41) is 3.43. The molecule has 4 rings (SSSR count). The van der Waals surface area contributed by atoms with E-state index in [0.29, 0.717) is 12.1 Å². The van der Waals surface area contributed by atoms with Gasteiger partial charge < -0.3 is 19.7 Å². The molecule has 1 aromatic carbocycles. The van der Waals surface area contributed by atoms with Crippen molar-refractivity contribution in [1.29, 1.82) is 0 Å². The van der Waals surface area contributed by atoms with E-state index in [1.165, 1.54) is 0 Å². The number of hydrogen-bond acceptors (Lipinski definition) is 5. The largest absolute Gasteiger partial charge is 0.497 e. The summed E-state index contributed by atoms with van der Waals surface area (Å²) >= 11 is 0. The Hall–Kier alpha value is -2.86. The van der Waals surface area contributed by atoms with E-state index < -0.39 is 0 Å². The van der Waals surface area contributed by atoms with Crippen molar-refractivity contribution < 1.29 is 14.3 Å². The molecule has 2 aliphatic heterocycles. The minimum Gasteiger partial charge on any atom is -0.497 e. The van der Waals surface area contributed by atoms with Crippen molar-refractivity contribution in [3.05, 3.63) is 59.4 Å². The lowest BCUT2D eigenvalue weighted by molar-refractivity contribution is -0.130. The van der Waals surface area contributed by atoms with E-state index in [-0.39, 0.29) is 18.6 Å². The molecule has 6 nitrogen and oxygen atoms in total. The van der Waals surface area contributed by atoms with Gasteiger partial charge in [0.2, 0.25) is 0 Å². The van der Waals surface area contributed by atoms with Gasteiger partial charge in [-0.1, -0.05) is 6.07 Å². The fourth-order valence-corrected chi connectivity index (χ4v) is 3.94. The van der Waals surface area contributed by atoms with Crippen LogP contribution in [0.5, 0.6) is 11.5 Å². The van der Waals surface area contributed by atoms with Crippen LogP contribution in [0.25, 0.3) is 6.08 Å². The first-order valence-electron chi connectivity index (χ1n) is 10.2. The topological polar surface area (TPSA) is 63.7 Å². The number of nitrogens with one attached hydrogen (secondary N) is 1. The van der Waals surface area contributed by atoms with Crippen LogP contribution in [-0.2, 0) is 11.3 Å². The lowest BCUT2D eigenvalue weighted by atomic mass is 10.0. The van der Waals surface area contributed by atoms with Crippen LogP contribution in [-0.4, -0.2) is 48.6 Å². The van der Waals surface area contributed by atoms with Crippen LogP contribution < -0.4 is 14.8 Å². The average Bonchev–Trinajstić information content (AvgIpc) is 3.06. The molecular formula is C23H27N3O3. The number of aromatic nitrogens is 1. The van der Waals surface area contributed by atoms with Gasteiger partial charge in [0, 0.05) is 17.8 Å². The molecule has 1 fully saturated rings. The van der Waals surface area contributed by atoms with E-state index in [9.17, 15) is 4.79 Å². The van der Waals surface area contributed by atoms with E-state index in [4.69, 9.17) is 9.47 Å². The second-order valence-electron chi connectivity index (χ2n) is 7.45. The Morgan fingerprint density at radius 1 is 1.28 bits per heavy atom. The summed E-state index contributed by atoms with van der Waals surface area (Å²) in [6, 6.07) is 11.7. The smallest absolute Gasteiger partial charge is 0.253 e. The van der Waals surface area contributed by atoms with Crippen LogP contribution in [0.2, 0.25) is 0 Å². The molecule has 1 atom stereocenters. The Kier molecular flexibility index (Phi) is 6.10. The zero-order valence-electron chi connectivity index (χ0n) is 16.8. The number of benzene rings is 1. The summed E-state index contributed by atoms with van der Waals surface area (Å²) in [5.41, 5.74) is 2.44. The highest BCUT2D eigenvalue weighted by molar-refractivity contribution is 5.99. The van der Waals surface area contributed by atoms with Crippen LogP contribution in [0.1, 0.15) is 30.5 Å². The molecule has 3 heterocycles. The molecule has 0 radical (unpaired) electrons. The van der Waals surface area contributed by atoms with Gasteiger partial charge in [-0.3, -0.25) is 9.78 Å². The monoisotopic (exact) mass is 393 g/mol. The normalized spacial score (nSPS) is 18.7. The molecule has 1 unspecified atom stereocenters. The number of rotatable bonds is 5. The van der Waals surface area contributed by atoms with E-state index >= 15 is 0 Å². The fourth-order valence-electron chi connectivity index (χ4n) is 3.94. The Morgan fingerprint density at radius 2 is 2.21 bits per heavy atom. The number of carbonyl (C=O) groups excluding carboxylic acids is 1. The first kappa shape index (κ1) is 19.5. The van der Waals surface area contributed by atoms with Crippen LogP contribution >= 0.6 is 0 Å². The molecule has 6 heteroatoms. The molecule has 1 aromatic heterocycles. The molecule has 1 saturated heterocycles. The third kappa shape index (κ3) is 4.59. The SMILES string of the molecule is COc1ccc2c(c1)C=C(C(=O)N(Cc1ccccn1)C1CCCNCC1)CO2. The molecule has 0 aliphatic carbocycles. The number of fused-ring (bicyclic) bond motifs is 1.